The molecule has 1 atom stereocenters. The molecule has 100 valence electrons. The Bertz CT molecular complexity index is 389. The molecule has 0 spiro atoms. The van der Waals surface area contributed by atoms with Crippen LogP contribution in [0.3, 0.4) is 0 Å². The molecule has 1 heterocycles. The van der Waals surface area contributed by atoms with E-state index < -0.39 is 11.9 Å². The smallest absolute Gasteiger partial charge is 0.308 e. The summed E-state index contributed by atoms with van der Waals surface area (Å²) >= 11 is 0. The zero-order valence-electron chi connectivity index (χ0n) is 10.5. The zero-order valence-corrected chi connectivity index (χ0v) is 10.5. The van der Waals surface area contributed by atoms with Gasteiger partial charge in [-0.05, 0) is 12.3 Å². The van der Waals surface area contributed by atoms with Gasteiger partial charge < -0.3 is 10.4 Å². The highest BCUT2D eigenvalue weighted by Crippen LogP contribution is 2.10. The minimum Gasteiger partial charge on any atom is -0.481 e. The number of nitrogens with zero attached hydrogens (tertiary/aromatic N) is 3. The Morgan fingerprint density at radius 1 is 1.44 bits per heavy atom. The molecule has 1 rings (SSSR count). The van der Waals surface area contributed by atoms with Gasteiger partial charge in [-0.2, -0.15) is 5.10 Å². The van der Waals surface area contributed by atoms with Crippen LogP contribution in [0.2, 0.25) is 0 Å². The lowest BCUT2D eigenvalue weighted by Crippen LogP contribution is -2.35. The van der Waals surface area contributed by atoms with Crippen LogP contribution in [-0.2, 0) is 16.1 Å². The number of carbonyl (C=O) groups is 2. The lowest BCUT2D eigenvalue weighted by Gasteiger charge is -2.15. The Hall–Kier alpha value is -1.92. The Morgan fingerprint density at radius 3 is 2.67 bits per heavy atom. The number of aliphatic carboxylic acids is 1. The second kappa shape index (κ2) is 6.73. The molecule has 0 aliphatic heterocycles. The van der Waals surface area contributed by atoms with E-state index in [1.165, 1.54) is 17.3 Å². The summed E-state index contributed by atoms with van der Waals surface area (Å²) in [5.74, 6) is -1.43. The zero-order chi connectivity index (χ0) is 13.5. The minimum absolute atomic E-state index is 0.0496. The maximum Gasteiger partial charge on any atom is 0.308 e. The van der Waals surface area contributed by atoms with Crippen molar-refractivity contribution in [3.05, 3.63) is 12.7 Å². The first-order chi connectivity index (χ1) is 8.49. The molecule has 0 fully saturated rings. The van der Waals surface area contributed by atoms with E-state index in [0.717, 1.165) is 0 Å². The highest BCUT2D eigenvalue weighted by Gasteiger charge is 2.19. The fraction of sp³-hybridized carbons (Fsp3) is 0.636. The van der Waals surface area contributed by atoms with Gasteiger partial charge in [0.1, 0.15) is 19.2 Å². The molecule has 1 aromatic rings. The summed E-state index contributed by atoms with van der Waals surface area (Å²) in [6, 6.07) is 0. The van der Waals surface area contributed by atoms with Crippen molar-refractivity contribution in [3.63, 3.8) is 0 Å². The van der Waals surface area contributed by atoms with E-state index in [1.54, 1.807) is 0 Å². The minimum atomic E-state index is -0.884. The normalized spacial score (nSPS) is 12.4. The largest absolute Gasteiger partial charge is 0.481 e. The van der Waals surface area contributed by atoms with Gasteiger partial charge in [-0.25, -0.2) is 9.67 Å². The molecule has 2 N–H and O–H groups in total. The van der Waals surface area contributed by atoms with Gasteiger partial charge in [0.25, 0.3) is 0 Å². The van der Waals surface area contributed by atoms with Crippen LogP contribution in [0.4, 0.5) is 0 Å². The maximum atomic E-state index is 11.5. The molecule has 0 aliphatic rings. The molecule has 0 radical (unpaired) electrons. The van der Waals surface area contributed by atoms with Crippen molar-refractivity contribution in [2.24, 2.45) is 11.8 Å². The predicted octanol–water partition coefficient (Wildman–Crippen LogP) is 0.141. The first kappa shape index (κ1) is 14.1. The van der Waals surface area contributed by atoms with Gasteiger partial charge in [-0.1, -0.05) is 13.8 Å². The number of nitrogens with one attached hydrogen (secondary N) is 1. The number of carbonyl (C=O) groups excluding carboxylic acids is 1. The van der Waals surface area contributed by atoms with Crippen molar-refractivity contribution in [1.29, 1.82) is 0 Å². The molecule has 1 unspecified atom stereocenters. The van der Waals surface area contributed by atoms with Crippen LogP contribution in [0.25, 0.3) is 0 Å². The Labute approximate surface area is 105 Å². The number of hydrogen-bond acceptors (Lipinski definition) is 4. The van der Waals surface area contributed by atoms with Crippen LogP contribution >= 0.6 is 0 Å². The van der Waals surface area contributed by atoms with Crippen molar-refractivity contribution < 1.29 is 14.7 Å². The molecule has 7 heteroatoms. The van der Waals surface area contributed by atoms with Crippen LogP contribution in [0.15, 0.2) is 12.7 Å². The summed E-state index contributed by atoms with van der Waals surface area (Å²) in [4.78, 5) is 26.2. The van der Waals surface area contributed by atoms with E-state index in [0.29, 0.717) is 6.42 Å². The number of hydrogen-bond donors (Lipinski definition) is 2. The molecule has 0 aliphatic carbocycles. The van der Waals surface area contributed by atoms with Gasteiger partial charge in [-0.3, -0.25) is 9.59 Å². The summed E-state index contributed by atoms with van der Waals surface area (Å²) in [6.45, 7) is 4.09. The predicted molar refractivity (Wildman–Crippen MR) is 63.6 cm³/mol. The summed E-state index contributed by atoms with van der Waals surface area (Å²) < 4.78 is 1.38. The summed E-state index contributed by atoms with van der Waals surface area (Å²) in [7, 11) is 0. The summed E-state index contributed by atoms with van der Waals surface area (Å²) in [5.41, 5.74) is 0. The number of aromatic nitrogens is 3. The Morgan fingerprint density at radius 2 is 2.17 bits per heavy atom. The Balaban J connectivity index is 2.37. The average Bonchev–Trinajstić information content (AvgIpc) is 2.76. The van der Waals surface area contributed by atoms with Crippen molar-refractivity contribution >= 4 is 11.9 Å². The van der Waals surface area contributed by atoms with Crippen molar-refractivity contribution in [2.75, 3.05) is 6.54 Å². The van der Waals surface area contributed by atoms with Crippen LogP contribution < -0.4 is 5.32 Å². The van der Waals surface area contributed by atoms with E-state index in [1.807, 2.05) is 13.8 Å². The Kier molecular flexibility index (Phi) is 5.29. The second-order valence-corrected chi connectivity index (χ2v) is 4.56. The molecule has 18 heavy (non-hydrogen) atoms. The molecule has 0 aromatic carbocycles. The van der Waals surface area contributed by atoms with Gasteiger partial charge in [0.2, 0.25) is 5.91 Å². The van der Waals surface area contributed by atoms with Gasteiger partial charge in [0, 0.05) is 6.54 Å². The molecule has 7 nitrogen and oxygen atoms in total. The third kappa shape index (κ3) is 4.94. The molecular formula is C11H18N4O3. The average molecular weight is 254 g/mol. The SMILES string of the molecule is CC(C)CC(CNC(=O)Cn1cncn1)C(=O)O. The van der Waals surface area contributed by atoms with Crippen LogP contribution in [0, 0.1) is 11.8 Å². The topological polar surface area (TPSA) is 97.1 Å². The molecule has 0 saturated heterocycles. The highest BCUT2D eigenvalue weighted by molar-refractivity contribution is 5.77. The van der Waals surface area contributed by atoms with E-state index in [-0.39, 0.29) is 24.9 Å². The lowest BCUT2D eigenvalue weighted by atomic mass is 9.97. The third-order valence-corrected chi connectivity index (χ3v) is 2.42. The van der Waals surface area contributed by atoms with Crippen molar-refractivity contribution in [3.8, 4) is 0 Å². The first-order valence-corrected chi connectivity index (χ1v) is 5.81. The van der Waals surface area contributed by atoms with Gasteiger partial charge in [0.05, 0.1) is 5.92 Å². The third-order valence-electron chi connectivity index (χ3n) is 2.42. The van der Waals surface area contributed by atoms with E-state index >= 15 is 0 Å². The lowest BCUT2D eigenvalue weighted by molar-refractivity contribution is -0.142. The van der Waals surface area contributed by atoms with Gasteiger partial charge in [-0.15, -0.1) is 0 Å². The number of rotatable bonds is 7. The van der Waals surface area contributed by atoms with E-state index in [9.17, 15) is 9.59 Å². The van der Waals surface area contributed by atoms with Crippen LogP contribution in [0.5, 0.6) is 0 Å². The second-order valence-electron chi connectivity index (χ2n) is 4.56. The van der Waals surface area contributed by atoms with Crippen molar-refractivity contribution in [2.45, 2.75) is 26.8 Å². The standard InChI is InChI=1S/C11H18N4O3/c1-8(2)3-9(11(17)18)4-13-10(16)5-15-7-12-6-14-15/h6-9H,3-5H2,1-2H3,(H,13,16)(H,17,18). The summed E-state index contributed by atoms with van der Waals surface area (Å²) in [6.07, 6.45) is 3.31. The molecule has 0 bridgehead atoms. The van der Waals surface area contributed by atoms with E-state index in [2.05, 4.69) is 15.4 Å². The first-order valence-electron chi connectivity index (χ1n) is 5.81. The van der Waals surface area contributed by atoms with Crippen LogP contribution in [-0.4, -0.2) is 38.3 Å². The number of amides is 1. The van der Waals surface area contributed by atoms with E-state index in [4.69, 9.17) is 5.11 Å². The molecular weight excluding hydrogens is 236 g/mol. The van der Waals surface area contributed by atoms with Crippen LogP contribution in [0.1, 0.15) is 20.3 Å². The highest BCUT2D eigenvalue weighted by atomic mass is 16.4. The molecule has 1 aromatic heterocycles. The van der Waals surface area contributed by atoms with Gasteiger partial charge in [0.15, 0.2) is 0 Å². The number of carboxylic acids is 1. The fourth-order valence-electron chi connectivity index (χ4n) is 1.59. The fourth-order valence-corrected chi connectivity index (χ4v) is 1.59. The quantitative estimate of drug-likeness (QED) is 0.721. The van der Waals surface area contributed by atoms with Gasteiger partial charge >= 0.3 is 5.97 Å². The molecule has 0 saturated carbocycles. The summed E-state index contributed by atoms with van der Waals surface area (Å²) in [5, 5.41) is 15.4. The molecule has 1 amide bonds. The monoisotopic (exact) mass is 254 g/mol. The maximum absolute atomic E-state index is 11.5. The number of carboxylic acid groups (broad SMARTS) is 1. The van der Waals surface area contributed by atoms with Crippen molar-refractivity contribution in [1.82, 2.24) is 20.1 Å².